The smallest absolute Gasteiger partial charge is 0.372 e. The predicted octanol–water partition coefficient (Wildman–Crippen LogP) is 1.15. The van der Waals surface area contributed by atoms with E-state index in [0.717, 1.165) is 6.42 Å². The van der Waals surface area contributed by atoms with Crippen LogP contribution in [0, 0.1) is 5.92 Å². The van der Waals surface area contributed by atoms with Crippen LogP contribution in [-0.4, -0.2) is 49.3 Å². The number of alkyl halides is 3. The highest BCUT2D eigenvalue weighted by atomic mass is 19.4. The lowest BCUT2D eigenvalue weighted by atomic mass is 10.1. The molecule has 106 valence electrons. The predicted molar refractivity (Wildman–Crippen MR) is 59.8 cm³/mol. The first-order valence-corrected chi connectivity index (χ1v) is 5.97. The summed E-state index contributed by atoms with van der Waals surface area (Å²) >= 11 is 0. The van der Waals surface area contributed by atoms with Gasteiger partial charge in [0, 0.05) is 12.6 Å². The van der Waals surface area contributed by atoms with Crippen LogP contribution in [0.25, 0.3) is 0 Å². The Balaban J connectivity index is 2.25. The molecule has 0 bridgehead atoms. The van der Waals surface area contributed by atoms with Gasteiger partial charge in [0.2, 0.25) is 5.91 Å². The molecule has 1 saturated heterocycles. The van der Waals surface area contributed by atoms with Crippen molar-refractivity contribution >= 4 is 5.91 Å². The minimum absolute atomic E-state index is 0.0162. The molecule has 2 unspecified atom stereocenters. The molecule has 18 heavy (non-hydrogen) atoms. The summed E-state index contributed by atoms with van der Waals surface area (Å²) in [6, 6.07) is 0.105. The van der Waals surface area contributed by atoms with E-state index in [1.165, 1.54) is 0 Å². The van der Waals surface area contributed by atoms with Gasteiger partial charge in [-0.25, -0.2) is 0 Å². The third-order valence-electron chi connectivity index (χ3n) is 3.04. The van der Waals surface area contributed by atoms with E-state index in [1.54, 1.807) is 4.90 Å². The number of likely N-dealkylation sites (tertiary alicyclic amines) is 1. The quantitative estimate of drug-likeness (QED) is 0.761. The summed E-state index contributed by atoms with van der Waals surface area (Å²) in [6.07, 6.45) is -3.50. The van der Waals surface area contributed by atoms with Gasteiger partial charge >= 0.3 is 6.18 Å². The van der Waals surface area contributed by atoms with Crippen LogP contribution in [0.4, 0.5) is 13.2 Å². The molecule has 1 amide bonds. The van der Waals surface area contributed by atoms with E-state index in [4.69, 9.17) is 5.73 Å². The Kier molecular flexibility index (Phi) is 5.40. The van der Waals surface area contributed by atoms with Gasteiger partial charge in [-0.2, -0.15) is 13.2 Å². The van der Waals surface area contributed by atoms with Crippen LogP contribution in [0.1, 0.15) is 19.8 Å². The van der Waals surface area contributed by atoms with Gasteiger partial charge in [-0.15, -0.1) is 0 Å². The van der Waals surface area contributed by atoms with Crippen LogP contribution in [0.15, 0.2) is 0 Å². The zero-order valence-corrected chi connectivity index (χ0v) is 10.4. The second kappa shape index (κ2) is 6.38. The normalized spacial score (nSPS) is 24.6. The number of hydrogen-bond donors (Lipinski definition) is 1. The summed E-state index contributed by atoms with van der Waals surface area (Å²) in [7, 11) is 0. The molecule has 2 N–H and O–H groups in total. The van der Waals surface area contributed by atoms with Crippen molar-refractivity contribution in [1.29, 1.82) is 0 Å². The second-order valence-electron chi connectivity index (χ2n) is 4.65. The number of rotatable bonds is 5. The Labute approximate surface area is 104 Å². The Morgan fingerprint density at radius 3 is 2.67 bits per heavy atom. The van der Waals surface area contributed by atoms with Crippen molar-refractivity contribution in [3.63, 3.8) is 0 Å². The Morgan fingerprint density at radius 2 is 2.17 bits per heavy atom. The fourth-order valence-electron chi connectivity index (χ4n) is 2.15. The van der Waals surface area contributed by atoms with E-state index < -0.39 is 12.8 Å². The molecule has 0 aromatic heterocycles. The third kappa shape index (κ3) is 4.81. The van der Waals surface area contributed by atoms with E-state index in [9.17, 15) is 18.0 Å². The van der Waals surface area contributed by atoms with E-state index in [1.807, 2.05) is 6.92 Å². The molecule has 1 heterocycles. The molecule has 1 aliphatic heterocycles. The highest BCUT2D eigenvalue weighted by Gasteiger charge is 2.31. The number of nitrogens with zero attached hydrogens (tertiary/aromatic N) is 1. The number of amides is 1. The highest BCUT2D eigenvalue weighted by molar-refractivity contribution is 5.76. The number of halogens is 3. The van der Waals surface area contributed by atoms with Gasteiger partial charge < -0.3 is 15.4 Å². The first-order valence-electron chi connectivity index (χ1n) is 5.97. The number of nitrogens with two attached hydrogens (primary N) is 1. The molecule has 0 aliphatic carbocycles. The Hall–Kier alpha value is -0.820. The molecule has 0 saturated carbocycles. The maximum Gasteiger partial charge on any atom is 0.411 e. The van der Waals surface area contributed by atoms with Crippen molar-refractivity contribution in [2.24, 2.45) is 11.7 Å². The molecular weight excluding hydrogens is 249 g/mol. The van der Waals surface area contributed by atoms with E-state index in [2.05, 4.69) is 4.74 Å². The van der Waals surface area contributed by atoms with Crippen LogP contribution in [-0.2, 0) is 9.53 Å². The Morgan fingerprint density at radius 1 is 1.50 bits per heavy atom. The fourth-order valence-corrected chi connectivity index (χ4v) is 2.15. The molecule has 1 rings (SSSR count). The van der Waals surface area contributed by atoms with Gasteiger partial charge in [-0.3, -0.25) is 4.79 Å². The van der Waals surface area contributed by atoms with Gasteiger partial charge in [0.15, 0.2) is 0 Å². The number of ether oxygens (including phenoxy) is 1. The standard InChI is InChI=1S/C11H19F3N2O2/c1-8-4-9(5-15)6-16(8)10(17)2-3-18-7-11(12,13)14/h8-9H,2-7,15H2,1H3. The largest absolute Gasteiger partial charge is 0.411 e. The molecular formula is C11H19F3N2O2. The number of carbonyl (C=O) groups is 1. The Bertz CT molecular complexity index is 284. The van der Waals surface area contributed by atoms with Crippen molar-refractivity contribution in [2.45, 2.75) is 32.0 Å². The second-order valence-corrected chi connectivity index (χ2v) is 4.65. The fraction of sp³-hybridized carbons (Fsp3) is 0.909. The molecule has 1 aliphatic rings. The van der Waals surface area contributed by atoms with Crippen molar-refractivity contribution in [3.05, 3.63) is 0 Å². The lowest BCUT2D eigenvalue weighted by Gasteiger charge is -2.21. The monoisotopic (exact) mass is 268 g/mol. The average molecular weight is 268 g/mol. The summed E-state index contributed by atoms with van der Waals surface area (Å²) in [4.78, 5) is 13.4. The average Bonchev–Trinajstić information content (AvgIpc) is 2.64. The molecule has 7 heteroatoms. The zero-order chi connectivity index (χ0) is 13.8. The highest BCUT2D eigenvalue weighted by Crippen LogP contribution is 2.22. The molecule has 0 aromatic rings. The molecule has 0 aromatic carbocycles. The van der Waals surface area contributed by atoms with Crippen LogP contribution < -0.4 is 5.73 Å². The van der Waals surface area contributed by atoms with Crippen molar-refractivity contribution in [1.82, 2.24) is 4.90 Å². The van der Waals surface area contributed by atoms with Crippen LogP contribution in [0.3, 0.4) is 0 Å². The number of carbonyl (C=O) groups excluding carboxylic acids is 1. The molecule has 0 radical (unpaired) electrons. The van der Waals surface area contributed by atoms with Gasteiger partial charge in [-0.1, -0.05) is 0 Å². The third-order valence-corrected chi connectivity index (χ3v) is 3.04. The molecule has 0 spiro atoms. The summed E-state index contributed by atoms with van der Waals surface area (Å²) in [5, 5.41) is 0. The van der Waals surface area contributed by atoms with Crippen LogP contribution in [0.5, 0.6) is 0 Å². The van der Waals surface area contributed by atoms with Crippen LogP contribution >= 0.6 is 0 Å². The lowest BCUT2D eigenvalue weighted by molar-refractivity contribution is -0.175. The van der Waals surface area contributed by atoms with E-state index in [-0.39, 0.29) is 25.0 Å². The van der Waals surface area contributed by atoms with Gasteiger partial charge in [0.05, 0.1) is 13.0 Å². The van der Waals surface area contributed by atoms with Gasteiger partial charge in [-0.05, 0) is 25.8 Å². The van der Waals surface area contributed by atoms with Crippen molar-refractivity contribution in [2.75, 3.05) is 26.3 Å². The van der Waals surface area contributed by atoms with Crippen LogP contribution in [0.2, 0.25) is 0 Å². The maximum absolute atomic E-state index is 11.8. The summed E-state index contributed by atoms with van der Waals surface area (Å²) < 4.78 is 39.8. The minimum Gasteiger partial charge on any atom is -0.372 e. The maximum atomic E-state index is 11.8. The zero-order valence-electron chi connectivity index (χ0n) is 10.4. The molecule has 4 nitrogen and oxygen atoms in total. The van der Waals surface area contributed by atoms with Gasteiger partial charge in [0.1, 0.15) is 6.61 Å². The molecule has 2 atom stereocenters. The SMILES string of the molecule is CC1CC(CN)CN1C(=O)CCOCC(F)(F)F. The summed E-state index contributed by atoms with van der Waals surface area (Å²) in [5.41, 5.74) is 5.54. The van der Waals surface area contributed by atoms with E-state index in [0.29, 0.717) is 19.0 Å². The minimum atomic E-state index is -4.34. The topological polar surface area (TPSA) is 55.6 Å². The van der Waals surface area contributed by atoms with Crippen molar-refractivity contribution in [3.8, 4) is 0 Å². The van der Waals surface area contributed by atoms with Crippen molar-refractivity contribution < 1.29 is 22.7 Å². The number of hydrogen-bond acceptors (Lipinski definition) is 3. The first-order chi connectivity index (χ1) is 8.33. The van der Waals surface area contributed by atoms with E-state index >= 15 is 0 Å². The summed E-state index contributed by atoms with van der Waals surface area (Å²) in [5.74, 6) is 0.126. The first kappa shape index (κ1) is 15.2. The molecule has 1 fully saturated rings. The van der Waals surface area contributed by atoms with Gasteiger partial charge in [0.25, 0.3) is 0 Å². The lowest BCUT2D eigenvalue weighted by Crippen LogP contribution is -2.35. The summed E-state index contributed by atoms with van der Waals surface area (Å²) in [6.45, 7) is 1.54.